The summed E-state index contributed by atoms with van der Waals surface area (Å²) >= 11 is 0. The topological polar surface area (TPSA) is 28.2 Å². The third-order valence-corrected chi connectivity index (χ3v) is 3.90. The minimum atomic E-state index is 0.592. The molecule has 1 aliphatic carbocycles. The second-order valence-electron chi connectivity index (χ2n) is 5.37. The van der Waals surface area contributed by atoms with E-state index in [1.165, 1.54) is 25.7 Å². The third kappa shape index (κ3) is 2.54. The molecule has 1 unspecified atom stereocenters. The molecule has 2 fully saturated rings. The lowest BCUT2D eigenvalue weighted by molar-refractivity contribution is 0.693. The molecule has 0 radical (unpaired) electrons. The van der Waals surface area contributed by atoms with Crippen LogP contribution in [0.25, 0.3) is 0 Å². The maximum absolute atomic E-state index is 4.56. The van der Waals surface area contributed by atoms with Crippen molar-refractivity contribution in [1.29, 1.82) is 0 Å². The molecule has 1 N–H and O–H groups in total. The summed E-state index contributed by atoms with van der Waals surface area (Å²) in [5, 5.41) is 3.54. The van der Waals surface area contributed by atoms with Gasteiger partial charge in [-0.25, -0.2) is 4.98 Å². The normalized spacial score (nSPS) is 21.6. The number of hydrogen-bond donors (Lipinski definition) is 1. The van der Waals surface area contributed by atoms with Crippen LogP contribution in [0.3, 0.4) is 0 Å². The molecule has 2 heterocycles. The number of aromatic nitrogens is 1. The first-order chi connectivity index (χ1) is 8.33. The lowest BCUT2D eigenvalue weighted by Crippen LogP contribution is -2.20. The van der Waals surface area contributed by atoms with Crippen LogP contribution in [-0.2, 0) is 0 Å². The highest BCUT2D eigenvalue weighted by atomic mass is 15.2. The highest BCUT2D eigenvalue weighted by molar-refractivity contribution is 5.49. The van der Waals surface area contributed by atoms with Gasteiger partial charge in [0.15, 0.2) is 0 Å². The number of nitrogens with zero attached hydrogens (tertiary/aromatic N) is 2. The Labute approximate surface area is 103 Å². The Morgan fingerprint density at radius 3 is 2.65 bits per heavy atom. The SMILES string of the molecule is CC(Nc1ccc(N2CCCC2)nc1)C1CC1. The number of pyridine rings is 1. The average Bonchev–Trinajstić information content (AvgIpc) is 3.07. The quantitative estimate of drug-likeness (QED) is 0.863. The zero-order valence-electron chi connectivity index (χ0n) is 10.5. The maximum atomic E-state index is 4.56. The van der Waals surface area contributed by atoms with Gasteiger partial charge in [0.2, 0.25) is 0 Å². The van der Waals surface area contributed by atoms with Crippen molar-refractivity contribution < 1.29 is 0 Å². The number of anilines is 2. The summed E-state index contributed by atoms with van der Waals surface area (Å²) in [6.07, 6.45) is 7.36. The average molecular weight is 231 g/mol. The summed E-state index contributed by atoms with van der Waals surface area (Å²) in [5.74, 6) is 2.01. The molecule has 1 saturated carbocycles. The van der Waals surface area contributed by atoms with Gasteiger partial charge >= 0.3 is 0 Å². The minimum Gasteiger partial charge on any atom is -0.381 e. The van der Waals surface area contributed by atoms with E-state index in [1.807, 2.05) is 6.20 Å². The van der Waals surface area contributed by atoms with Crippen LogP contribution >= 0.6 is 0 Å². The Morgan fingerprint density at radius 2 is 2.06 bits per heavy atom. The number of hydrogen-bond acceptors (Lipinski definition) is 3. The van der Waals surface area contributed by atoms with Gasteiger partial charge in [-0.1, -0.05) is 0 Å². The Balaban J connectivity index is 1.62. The van der Waals surface area contributed by atoms with E-state index in [0.717, 1.165) is 30.5 Å². The molecule has 1 atom stereocenters. The molecule has 0 bridgehead atoms. The zero-order valence-corrected chi connectivity index (χ0v) is 10.5. The van der Waals surface area contributed by atoms with Gasteiger partial charge in [0.25, 0.3) is 0 Å². The number of rotatable bonds is 4. The van der Waals surface area contributed by atoms with E-state index in [0.29, 0.717) is 6.04 Å². The molecule has 3 nitrogen and oxygen atoms in total. The van der Waals surface area contributed by atoms with Gasteiger partial charge in [-0.2, -0.15) is 0 Å². The van der Waals surface area contributed by atoms with Crippen molar-refractivity contribution in [3.8, 4) is 0 Å². The van der Waals surface area contributed by atoms with Crippen molar-refractivity contribution >= 4 is 11.5 Å². The molecule has 1 aliphatic heterocycles. The summed E-state index contributed by atoms with van der Waals surface area (Å²) in [5.41, 5.74) is 1.16. The minimum absolute atomic E-state index is 0.592. The lowest BCUT2D eigenvalue weighted by atomic mass is 10.2. The van der Waals surface area contributed by atoms with Gasteiger partial charge in [-0.15, -0.1) is 0 Å². The van der Waals surface area contributed by atoms with Crippen molar-refractivity contribution in [3.63, 3.8) is 0 Å². The number of nitrogens with one attached hydrogen (secondary N) is 1. The Hall–Kier alpha value is -1.25. The van der Waals surface area contributed by atoms with Gasteiger partial charge in [0, 0.05) is 19.1 Å². The Kier molecular flexibility index (Phi) is 2.91. The van der Waals surface area contributed by atoms with Crippen LogP contribution in [0.1, 0.15) is 32.6 Å². The summed E-state index contributed by atoms with van der Waals surface area (Å²) in [4.78, 5) is 6.93. The van der Waals surface area contributed by atoms with Crippen LogP contribution in [0.5, 0.6) is 0 Å². The molecule has 1 saturated heterocycles. The molecule has 92 valence electrons. The van der Waals surface area contributed by atoms with Crippen LogP contribution in [0.4, 0.5) is 11.5 Å². The Morgan fingerprint density at radius 1 is 1.29 bits per heavy atom. The largest absolute Gasteiger partial charge is 0.381 e. The van der Waals surface area contributed by atoms with Crippen LogP contribution < -0.4 is 10.2 Å². The van der Waals surface area contributed by atoms with E-state index in [-0.39, 0.29) is 0 Å². The molecule has 0 aromatic carbocycles. The molecule has 1 aromatic heterocycles. The molecule has 0 spiro atoms. The smallest absolute Gasteiger partial charge is 0.128 e. The monoisotopic (exact) mass is 231 g/mol. The fourth-order valence-electron chi connectivity index (χ4n) is 2.58. The molecule has 3 heteroatoms. The van der Waals surface area contributed by atoms with Crippen molar-refractivity contribution in [3.05, 3.63) is 18.3 Å². The van der Waals surface area contributed by atoms with Crippen molar-refractivity contribution in [2.45, 2.75) is 38.6 Å². The van der Waals surface area contributed by atoms with Crippen molar-refractivity contribution in [2.75, 3.05) is 23.3 Å². The first-order valence-electron chi connectivity index (χ1n) is 6.80. The molecule has 2 aliphatic rings. The fourth-order valence-corrected chi connectivity index (χ4v) is 2.58. The second-order valence-corrected chi connectivity index (χ2v) is 5.37. The van der Waals surface area contributed by atoms with Gasteiger partial charge < -0.3 is 10.2 Å². The predicted octanol–water partition coefficient (Wildman–Crippen LogP) is 2.89. The molecular weight excluding hydrogens is 210 g/mol. The van der Waals surface area contributed by atoms with Crippen molar-refractivity contribution in [1.82, 2.24) is 4.98 Å². The van der Waals surface area contributed by atoms with E-state index < -0.39 is 0 Å². The lowest BCUT2D eigenvalue weighted by Gasteiger charge is -2.18. The van der Waals surface area contributed by atoms with E-state index in [9.17, 15) is 0 Å². The molecule has 17 heavy (non-hydrogen) atoms. The first kappa shape index (κ1) is 10.9. The highest BCUT2D eigenvalue weighted by Gasteiger charge is 2.27. The fraction of sp³-hybridized carbons (Fsp3) is 0.643. The van der Waals surface area contributed by atoms with Gasteiger partial charge in [-0.05, 0) is 50.7 Å². The molecule has 0 amide bonds. The van der Waals surface area contributed by atoms with Crippen LogP contribution in [0.15, 0.2) is 18.3 Å². The summed E-state index contributed by atoms with van der Waals surface area (Å²) in [6.45, 7) is 4.60. The predicted molar refractivity (Wildman–Crippen MR) is 71.5 cm³/mol. The highest BCUT2D eigenvalue weighted by Crippen LogP contribution is 2.34. The summed E-state index contributed by atoms with van der Waals surface area (Å²) in [7, 11) is 0. The first-order valence-corrected chi connectivity index (χ1v) is 6.80. The summed E-state index contributed by atoms with van der Waals surface area (Å²) < 4.78 is 0. The standard InChI is InChI=1S/C14H21N3/c1-11(12-4-5-12)16-13-6-7-14(15-10-13)17-8-2-3-9-17/h6-7,10-12,16H,2-5,8-9H2,1H3. The Bertz CT molecular complexity index is 364. The van der Waals surface area contributed by atoms with Gasteiger partial charge in [0.05, 0.1) is 11.9 Å². The van der Waals surface area contributed by atoms with E-state index in [4.69, 9.17) is 0 Å². The van der Waals surface area contributed by atoms with E-state index in [2.05, 4.69) is 34.3 Å². The van der Waals surface area contributed by atoms with Crippen molar-refractivity contribution in [2.24, 2.45) is 5.92 Å². The summed E-state index contributed by atoms with van der Waals surface area (Å²) in [6, 6.07) is 4.90. The van der Waals surface area contributed by atoms with E-state index >= 15 is 0 Å². The van der Waals surface area contributed by atoms with Gasteiger partial charge in [0.1, 0.15) is 5.82 Å². The second kappa shape index (κ2) is 4.55. The van der Waals surface area contributed by atoms with E-state index in [1.54, 1.807) is 0 Å². The molecule has 1 aromatic rings. The molecular formula is C14H21N3. The van der Waals surface area contributed by atoms with Gasteiger partial charge in [-0.3, -0.25) is 0 Å². The van der Waals surface area contributed by atoms with Crippen LogP contribution in [0.2, 0.25) is 0 Å². The van der Waals surface area contributed by atoms with Crippen LogP contribution in [0, 0.1) is 5.92 Å². The third-order valence-electron chi connectivity index (χ3n) is 3.90. The maximum Gasteiger partial charge on any atom is 0.128 e. The molecule has 3 rings (SSSR count). The zero-order chi connectivity index (χ0) is 11.7. The van der Waals surface area contributed by atoms with Crippen LogP contribution in [-0.4, -0.2) is 24.1 Å².